The predicted octanol–water partition coefficient (Wildman–Crippen LogP) is 2.49. The first kappa shape index (κ1) is 20.2. The van der Waals surface area contributed by atoms with Crippen LogP contribution < -0.4 is 15.4 Å². The van der Waals surface area contributed by atoms with Crippen LogP contribution in [0.5, 0.6) is 5.75 Å². The van der Waals surface area contributed by atoms with Crippen LogP contribution in [0.4, 0.5) is 4.39 Å². The summed E-state index contributed by atoms with van der Waals surface area (Å²) in [6.45, 7) is 12.0. The van der Waals surface area contributed by atoms with Gasteiger partial charge in [0, 0.05) is 25.7 Å². The molecule has 0 spiro atoms. The number of guanidine groups is 1. The van der Waals surface area contributed by atoms with Crippen molar-refractivity contribution < 1.29 is 9.13 Å². The highest BCUT2D eigenvalue weighted by molar-refractivity contribution is 5.79. The summed E-state index contributed by atoms with van der Waals surface area (Å²) in [5, 5.41) is 6.70. The van der Waals surface area contributed by atoms with Gasteiger partial charge in [0.1, 0.15) is 18.2 Å². The second-order valence-corrected chi connectivity index (χ2v) is 6.64. The highest BCUT2D eigenvalue weighted by Crippen LogP contribution is 2.10. The molecule has 0 unspecified atom stereocenters. The Hall–Kier alpha value is -1.82. The van der Waals surface area contributed by atoms with E-state index in [-0.39, 0.29) is 11.4 Å². The van der Waals surface area contributed by atoms with Gasteiger partial charge < -0.3 is 20.3 Å². The Kier molecular flexibility index (Phi) is 8.54. The third-order valence-corrected chi connectivity index (χ3v) is 3.23. The molecule has 0 radical (unpaired) electrons. The van der Waals surface area contributed by atoms with Crippen molar-refractivity contribution in [2.24, 2.45) is 4.99 Å². The van der Waals surface area contributed by atoms with Gasteiger partial charge in [-0.15, -0.1) is 0 Å². The number of hydrogen-bond acceptors (Lipinski definition) is 3. The zero-order valence-corrected chi connectivity index (χ0v) is 15.5. The summed E-state index contributed by atoms with van der Waals surface area (Å²) in [5.74, 6) is 1.27. The number of rotatable bonds is 8. The molecule has 5 nitrogen and oxygen atoms in total. The summed E-state index contributed by atoms with van der Waals surface area (Å²) < 4.78 is 18.5. The van der Waals surface area contributed by atoms with Crippen LogP contribution in [-0.2, 0) is 0 Å². The van der Waals surface area contributed by atoms with Gasteiger partial charge in [-0.1, -0.05) is 0 Å². The second-order valence-electron chi connectivity index (χ2n) is 6.64. The molecule has 0 saturated heterocycles. The fraction of sp³-hybridized carbons (Fsp3) is 0.611. The monoisotopic (exact) mass is 338 g/mol. The molecule has 0 aliphatic rings. The minimum atomic E-state index is -0.259. The number of hydrogen-bond donors (Lipinski definition) is 2. The Balaban J connectivity index is 2.41. The van der Waals surface area contributed by atoms with Gasteiger partial charge in [0.2, 0.25) is 0 Å². The molecular weight excluding hydrogens is 307 g/mol. The molecule has 0 amide bonds. The number of benzene rings is 1. The summed E-state index contributed by atoms with van der Waals surface area (Å²) >= 11 is 0. The molecule has 0 aromatic heterocycles. The van der Waals surface area contributed by atoms with Crippen molar-refractivity contribution in [1.82, 2.24) is 15.5 Å². The van der Waals surface area contributed by atoms with E-state index in [2.05, 4.69) is 36.4 Å². The number of likely N-dealkylation sites (N-methyl/N-ethyl adjacent to an activating group) is 1. The lowest BCUT2D eigenvalue weighted by molar-refractivity contribution is 0.281. The molecule has 0 aliphatic carbocycles. The molecule has 0 saturated carbocycles. The van der Waals surface area contributed by atoms with Gasteiger partial charge in [-0.2, -0.15) is 0 Å². The number of ether oxygens (including phenoxy) is 1. The molecule has 1 rings (SSSR count). The normalized spacial score (nSPS) is 12.2. The van der Waals surface area contributed by atoms with E-state index in [9.17, 15) is 4.39 Å². The van der Waals surface area contributed by atoms with Crippen molar-refractivity contribution in [2.75, 3.05) is 39.8 Å². The molecule has 24 heavy (non-hydrogen) atoms. The van der Waals surface area contributed by atoms with E-state index in [0.29, 0.717) is 25.4 Å². The van der Waals surface area contributed by atoms with Crippen LogP contribution >= 0.6 is 0 Å². The fourth-order valence-corrected chi connectivity index (χ4v) is 2.00. The molecular formula is C18H31FN4O. The molecule has 2 N–H and O–H groups in total. The van der Waals surface area contributed by atoms with E-state index < -0.39 is 0 Å². The van der Waals surface area contributed by atoms with E-state index in [1.807, 2.05) is 18.9 Å². The van der Waals surface area contributed by atoms with Crippen LogP contribution in [0.3, 0.4) is 0 Å². The third kappa shape index (κ3) is 8.72. The number of nitrogens with one attached hydrogen (secondary N) is 2. The highest BCUT2D eigenvalue weighted by atomic mass is 19.1. The molecule has 1 aromatic rings. The largest absolute Gasteiger partial charge is 0.492 e. The first-order valence-corrected chi connectivity index (χ1v) is 8.44. The SMILES string of the molecule is CCNC(=NCCNC(C)(C)C)N(C)CCOc1ccc(F)cc1. The zero-order valence-electron chi connectivity index (χ0n) is 15.5. The van der Waals surface area contributed by atoms with Gasteiger partial charge in [-0.05, 0) is 52.0 Å². The molecule has 0 fully saturated rings. The summed E-state index contributed by atoms with van der Waals surface area (Å²) in [7, 11) is 1.98. The Morgan fingerprint density at radius 2 is 1.92 bits per heavy atom. The van der Waals surface area contributed by atoms with Crippen molar-refractivity contribution in [3.05, 3.63) is 30.1 Å². The summed E-state index contributed by atoms with van der Waals surface area (Å²) in [5.41, 5.74) is 0.1000. The lowest BCUT2D eigenvalue weighted by Crippen LogP contribution is -2.42. The van der Waals surface area contributed by atoms with Gasteiger partial charge in [0.25, 0.3) is 0 Å². The summed E-state index contributed by atoms with van der Waals surface area (Å²) in [4.78, 5) is 6.65. The summed E-state index contributed by atoms with van der Waals surface area (Å²) in [6, 6.07) is 6.05. The van der Waals surface area contributed by atoms with E-state index in [0.717, 1.165) is 19.0 Å². The maximum Gasteiger partial charge on any atom is 0.193 e. The number of aliphatic imine (C=N–C) groups is 1. The topological polar surface area (TPSA) is 48.9 Å². The van der Waals surface area contributed by atoms with Crippen LogP contribution in [0.15, 0.2) is 29.3 Å². The minimum Gasteiger partial charge on any atom is -0.492 e. The molecule has 0 atom stereocenters. The quantitative estimate of drug-likeness (QED) is 0.434. The van der Waals surface area contributed by atoms with E-state index in [1.165, 1.54) is 12.1 Å². The standard InChI is InChI=1S/C18H31FN4O/c1-6-20-17(21-11-12-22-18(2,3)4)23(5)13-14-24-16-9-7-15(19)8-10-16/h7-10,22H,6,11-14H2,1-5H3,(H,20,21). The third-order valence-electron chi connectivity index (χ3n) is 3.23. The Labute approximate surface area is 145 Å². The van der Waals surface area contributed by atoms with Crippen molar-refractivity contribution in [3.8, 4) is 5.75 Å². The lowest BCUT2D eigenvalue weighted by Gasteiger charge is -2.23. The van der Waals surface area contributed by atoms with Crippen LogP contribution in [0.1, 0.15) is 27.7 Å². The number of halogens is 1. The van der Waals surface area contributed by atoms with E-state index >= 15 is 0 Å². The van der Waals surface area contributed by atoms with Crippen molar-refractivity contribution >= 4 is 5.96 Å². The van der Waals surface area contributed by atoms with Gasteiger partial charge in [-0.25, -0.2) is 4.39 Å². The average Bonchev–Trinajstić information content (AvgIpc) is 2.51. The van der Waals surface area contributed by atoms with Crippen LogP contribution in [0.2, 0.25) is 0 Å². The molecule has 6 heteroatoms. The minimum absolute atomic E-state index is 0.1000. The lowest BCUT2D eigenvalue weighted by atomic mass is 10.1. The molecule has 1 aromatic carbocycles. The Morgan fingerprint density at radius 1 is 1.25 bits per heavy atom. The summed E-state index contributed by atoms with van der Waals surface area (Å²) in [6.07, 6.45) is 0. The van der Waals surface area contributed by atoms with Crippen molar-refractivity contribution in [1.29, 1.82) is 0 Å². The van der Waals surface area contributed by atoms with Crippen LogP contribution in [0, 0.1) is 5.82 Å². The van der Waals surface area contributed by atoms with E-state index in [4.69, 9.17) is 4.74 Å². The smallest absolute Gasteiger partial charge is 0.193 e. The predicted molar refractivity (Wildman–Crippen MR) is 98.3 cm³/mol. The molecule has 0 bridgehead atoms. The molecule has 136 valence electrons. The highest BCUT2D eigenvalue weighted by Gasteiger charge is 2.08. The van der Waals surface area contributed by atoms with Gasteiger partial charge in [0.15, 0.2) is 5.96 Å². The van der Waals surface area contributed by atoms with Crippen LogP contribution in [-0.4, -0.2) is 56.2 Å². The van der Waals surface area contributed by atoms with Crippen LogP contribution in [0.25, 0.3) is 0 Å². The maximum atomic E-state index is 12.9. The average molecular weight is 338 g/mol. The Bertz CT molecular complexity index is 497. The molecule has 0 aliphatic heterocycles. The fourth-order valence-electron chi connectivity index (χ4n) is 2.00. The first-order valence-electron chi connectivity index (χ1n) is 8.44. The van der Waals surface area contributed by atoms with Crippen molar-refractivity contribution in [2.45, 2.75) is 33.2 Å². The Morgan fingerprint density at radius 3 is 2.50 bits per heavy atom. The maximum absolute atomic E-state index is 12.9. The molecule has 0 heterocycles. The van der Waals surface area contributed by atoms with E-state index in [1.54, 1.807) is 12.1 Å². The number of nitrogens with zero attached hydrogens (tertiary/aromatic N) is 2. The van der Waals surface area contributed by atoms with Gasteiger partial charge in [0.05, 0.1) is 13.1 Å². The zero-order chi connectivity index (χ0) is 18.0. The van der Waals surface area contributed by atoms with Gasteiger partial charge in [-0.3, -0.25) is 4.99 Å². The van der Waals surface area contributed by atoms with Gasteiger partial charge >= 0.3 is 0 Å². The van der Waals surface area contributed by atoms with Crippen molar-refractivity contribution in [3.63, 3.8) is 0 Å². The second kappa shape index (κ2) is 10.1. The first-order chi connectivity index (χ1) is 11.3.